The van der Waals surface area contributed by atoms with Gasteiger partial charge in [0.1, 0.15) is 0 Å². The van der Waals surface area contributed by atoms with Gasteiger partial charge >= 0.3 is 5.97 Å². The number of anilines is 1. The maximum absolute atomic E-state index is 12.8. The van der Waals surface area contributed by atoms with Gasteiger partial charge in [-0.15, -0.1) is 0 Å². The van der Waals surface area contributed by atoms with E-state index in [-0.39, 0.29) is 11.3 Å². The molecule has 3 aromatic rings. The van der Waals surface area contributed by atoms with Crippen molar-refractivity contribution < 1.29 is 19.1 Å². The molecule has 1 N–H and O–H groups in total. The second kappa shape index (κ2) is 9.51. The molecule has 0 spiro atoms. The molecule has 1 atom stereocenters. The van der Waals surface area contributed by atoms with Crippen molar-refractivity contribution in [3.63, 3.8) is 0 Å². The number of carbonyl (C=O) groups is 3. The lowest BCUT2D eigenvalue weighted by Crippen LogP contribution is -2.30. The van der Waals surface area contributed by atoms with E-state index in [0.717, 1.165) is 0 Å². The number of nitriles is 1. The predicted octanol–water partition coefficient (Wildman–Crippen LogP) is 4.61. The molecule has 0 unspecified atom stereocenters. The van der Waals surface area contributed by atoms with Gasteiger partial charge < -0.3 is 10.1 Å². The van der Waals surface area contributed by atoms with Crippen molar-refractivity contribution in [1.82, 2.24) is 0 Å². The molecule has 0 aliphatic heterocycles. The lowest BCUT2D eigenvalue weighted by Gasteiger charge is -2.16. The Morgan fingerprint density at radius 1 is 0.935 bits per heavy atom. The van der Waals surface area contributed by atoms with Gasteiger partial charge in [0.05, 0.1) is 17.2 Å². The van der Waals surface area contributed by atoms with E-state index in [2.05, 4.69) is 11.4 Å². The summed E-state index contributed by atoms with van der Waals surface area (Å²) in [4.78, 5) is 36.8. The van der Waals surface area contributed by atoms with Crippen LogP contribution >= 0.6 is 0 Å². The quantitative estimate of drug-likeness (QED) is 0.471. The van der Waals surface area contributed by atoms with Crippen LogP contribution < -0.4 is 5.32 Å². The van der Waals surface area contributed by atoms with Crippen LogP contribution in [0.4, 0.5) is 5.69 Å². The SMILES string of the molecule is CC(=O)c1cccc(NC(=O)[C@H](C)OC(=O)c2ccccc2-c2ccccc2C#N)c1. The molecule has 3 aromatic carbocycles. The summed E-state index contributed by atoms with van der Waals surface area (Å²) in [5.41, 5.74) is 2.74. The third kappa shape index (κ3) is 5.03. The van der Waals surface area contributed by atoms with Gasteiger partial charge in [0.15, 0.2) is 11.9 Å². The molecule has 3 rings (SSSR count). The fraction of sp³-hybridized carbons (Fsp3) is 0.120. The van der Waals surface area contributed by atoms with E-state index in [1.54, 1.807) is 72.8 Å². The number of nitrogens with zero attached hydrogens (tertiary/aromatic N) is 1. The van der Waals surface area contributed by atoms with E-state index in [0.29, 0.717) is 27.9 Å². The number of ketones is 1. The average molecular weight is 412 g/mol. The van der Waals surface area contributed by atoms with E-state index in [4.69, 9.17) is 4.74 Å². The molecule has 0 radical (unpaired) electrons. The molecule has 0 saturated carbocycles. The van der Waals surface area contributed by atoms with E-state index >= 15 is 0 Å². The Balaban J connectivity index is 1.78. The van der Waals surface area contributed by atoms with E-state index in [1.165, 1.54) is 13.8 Å². The molecule has 0 heterocycles. The summed E-state index contributed by atoms with van der Waals surface area (Å²) in [6.45, 7) is 2.90. The molecular weight excluding hydrogens is 392 g/mol. The summed E-state index contributed by atoms with van der Waals surface area (Å²) >= 11 is 0. The minimum Gasteiger partial charge on any atom is -0.449 e. The summed E-state index contributed by atoms with van der Waals surface area (Å²) in [5, 5.41) is 12.0. The van der Waals surface area contributed by atoms with Crippen LogP contribution in [0.25, 0.3) is 11.1 Å². The van der Waals surface area contributed by atoms with Crippen LogP contribution in [-0.4, -0.2) is 23.8 Å². The van der Waals surface area contributed by atoms with Gasteiger partial charge in [-0.3, -0.25) is 9.59 Å². The Bertz CT molecular complexity index is 1190. The van der Waals surface area contributed by atoms with Crippen molar-refractivity contribution in [2.75, 3.05) is 5.32 Å². The first kappa shape index (κ1) is 21.5. The standard InChI is InChI=1S/C25H20N2O4/c1-16(28)18-9-7-10-20(14-18)27-24(29)17(2)31-25(30)23-13-6-5-12-22(23)21-11-4-3-8-19(21)15-26/h3-14,17H,1-2H3,(H,27,29)/t17-/m0/s1. The highest BCUT2D eigenvalue weighted by molar-refractivity contribution is 6.01. The summed E-state index contributed by atoms with van der Waals surface area (Å²) in [6, 6.07) is 22.3. The average Bonchev–Trinajstić information content (AvgIpc) is 2.79. The molecule has 0 aliphatic carbocycles. The number of hydrogen-bond donors (Lipinski definition) is 1. The minimum absolute atomic E-state index is 0.121. The van der Waals surface area contributed by atoms with E-state index in [1.807, 2.05) is 0 Å². The first-order valence-electron chi connectivity index (χ1n) is 9.62. The number of hydrogen-bond acceptors (Lipinski definition) is 5. The lowest BCUT2D eigenvalue weighted by molar-refractivity contribution is -0.123. The van der Waals surface area contributed by atoms with Gasteiger partial charge in [-0.05, 0) is 43.7 Å². The van der Waals surface area contributed by atoms with Crippen molar-refractivity contribution >= 4 is 23.3 Å². The third-order valence-corrected chi connectivity index (χ3v) is 4.67. The molecule has 154 valence electrons. The van der Waals surface area contributed by atoms with Gasteiger partial charge in [0, 0.05) is 16.8 Å². The maximum Gasteiger partial charge on any atom is 0.339 e. The van der Waals surface area contributed by atoms with Crippen molar-refractivity contribution in [3.05, 3.63) is 89.5 Å². The zero-order valence-electron chi connectivity index (χ0n) is 17.1. The molecule has 6 heteroatoms. The fourth-order valence-electron chi connectivity index (χ4n) is 3.05. The number of esters is 1. The monoisotopic (exact) mass is 412 g/mol. The normalized spacial score (nSPS) is 11.1. The highest BCUT2D eigenvalue weighted by Gasteiger charge is 2.22. The molecule has 1 amide bonds. The van der Waals surface area contributed by atoms with Crippen molar-refractivity contribution in [2.45, 2.75) is 20.0 Å². The fourth-order valence-corrected chi connectivity index (χ4v) is 3.05. The van der Waals surface area contributed by atoms with Crippen molar-refractivity contribution in [3.8, 4) is 17.2 Å². The molecule has 6 nitrogen and oxygen atoms in total. The number of rotatable bonds is 6. The van der Waals surface area contributed by atoms with Crippen LogP contribution in [0.3, 0.4) is 0 Å². The summed E-state index contributed by atoms with van der Waals surface area (Å²) in [5.74, 6) is -1.32. The van der Waals surface area contributed by atoms with Gasteiger partial charge in [-0.1, -0.05) is 48.5 Å². The Morgan fingerprint density at radius 2 is 1.61 bits per heavy atom. The summed E-state index contributed by atoms with van der Waals surface area (Å²) in [7, 11) is 0. The zero-order valence-corrected chi connectivity index (χ0v) is 17.1. The minimum atomic E-state index is -1.08. The van der Waals surface area contributed by atoms with E-state index < -0.39 is 18.0 Å². The first-order valence-corrected chi connectivity index (χ1v) is 9.62. The Morgan fingerprint density at radius 3 is 2.32 bits per heavy atom. The first-order chi connectivity index (χ1) is 14.9. The number of ether oxygens (including phenoxy) is 1. The Hall–Kier alpha value is -4.24. The topological polar surface area (TPSA) is 96.3 Å². The van der Waals surface area contributed by atoms with Gasteiger partial charge in [-0.25, -0.2) is 4.79 Å². The molecule has 31 heavy (non-hydrogen) atoms. The second-order valence-electron chi connectivity index (χ2n) is 6.88. The number of amides is 1. The van der Waals surface area contributed by atoms with Crippen LogP contribution in [0.15, 0.2) is 72.8 Å². The van der Waals surface area contributed by atoms with Crippen molar-refractivity contribution in [1.29, 1.82) is 5.26 Å². The maximum atomic E-state index is 12.8. The molecule has 0 aliphatic rings. The van der Waals surface area contributed by atoms with Crippen LogP contribution in [0.2, 0.25) is 0 Å². The largest absolute Gasteiger partial charge is 0.449 e. The van der Waals surface area contributed by atoms with Gasteiger partial charge in [0.25, 0.3) is 5.91 Å². The zero-order chi connectivity index (χ0) is 22.4. The number of benzene rings is 3. The smallest absolute Gasteiger partial charge is 0.339 e. The number of carbonyl (C=O) groups excluding carboxylic acids is 3. The molecule has 0 bridgehead atoms. The predicted molar refractivity (Wildman–Crippen MR) is 117 cm³/mol. The molecule has 0 fully saturated rings. The van der Waals surface area contributed by atoms with Crippen LogP contribution in [0, 0.1) is 11.3 Å². The van der Waals surface area contributed by atoms with Gasteiger partial charge in [-0.2, -0.15) is 5.26 Å². The van der Waals surface area contributed by atoms with Crippen LogP contribution in [-0.2, 0) is 9.53 Å². The third-order valence-electron chi connectivity index (χ3n) is 4.67. The highest BCUT2D eigenvalue weighted by Crippen LogP contribution is 2.27. The van der Waals surface area contributed by atoms with Gasteiger partial charge in [0.2, 0.25) is 0 Å². The molecule has 0 saturated heterocycles. The van der Waals surface area contributed by atoms with E-state index in [9.17, 15) is 19.6 Å². The highest BCUT2D eigenvalue weighted by atomic mass is 16.5. The van der Waals surface area contributed by atoms with Crippen molar-refractivity contribution in [2.24, 2.45) is 0 Å². The number of nitrogens with one attached hydrogen (secondary N) is 1. The Labute approximate surface area is 180 Å². The van der Waals surface area contributed by atoms with Crippen LogP contribution in [0.1, 0.15) is 40.1 Å². The summed E-state index contributed by atoms with van der Waals surface area (Å²) in [6.07, 6.45) is -1.08. The van der Waals surface area contributed by atoms with Crippen LogP contribution in [0.5, 0.6) is 0 Å². The summed E-state index contributed by atoms with van der Waals surface area (Å²) < 4.78 is 5.38. The number of Topliss-reactive ketones (excluding diaryl/α,β-unsaturated/α-hetero) is 1. The second-order valence-corrected chi connectivity index (χ2v) is 6.88. The Kier molecular flexibility index (Phi) is 6.58. The molecular formula is C25H20N2O4. The molecule has 0 aromatic heterocycles. The lowest BCUT2D eigenvalue weighted by atomic mass is 9.96.